The van der Waals surface area contributed by atoms with Crippen molar-refractivity contribution in [3.63, 3.8) is 0 Å². The van der Waals surface area contributed by atoms with Crippen molar-refractivity contribution in [2.45, 2.75) is 19.8 Å². The second kappa shape index (κ2) is 10.3. The minimum atomic E-state index is -3.69. The van der Waals surface area contributed by atoms with Gasteiger partial charge < -0.3 is 2.85 Å². The van der Waals surface area contributed by atoms with Crippen molar-refractivity contribution < 1.29 is 119 Å². The first kappa shape index (κ1) is 18.9. The average Bonchev–Trinajstić information content (AvgIpc) is 1.59. The van der Waals surface area contributed by atoms with Gasteiger partial charge in [0.2, 0.25) is 0 Å². The summed E-state index contributed by atoms with van der Waals surface area (Å²) < 4.78 is 28.0. The SMILES string of the molecule is CCCCS(=O)(=O)O.[H-].[H-].[K+].[K+]. The van der Waals surface area contributed by atoms with Crippen LogP contribution in [0.2, 0.25) is 0 Å². The fourth-order valence-corrected chi connectivity index (χ4v) is 0.980. The Balaban J connectivity index is -0.0000000408. The van der Waals surface area contributed by atoms with E-state index in [4.69, 9.17) is 4.55 Å². The summed E-state index contributed by atoms with van der Waals surface area (Å²) >= 11 is 0. The molecule has 0 fully saturated rings. The molecule has 0 bridgehead atoms. The van der Waals surface area contributed by atoms with E-state index in [-0.39, 0.29) is 111 Å². The first-order chi connectivity index (χ1) is 3.56. The van der Waals surface area contributed by atoms with Crippen LogP contribution in [0.3, 0.4) is 0 Å². The molecule has 0 aromatic heterocycles. The van der Waals surface area contributed by atoms with Gasteiger partial charge in [0.1, 0.15) is 0 Å². The van der Waals surface area contributed by atoms with Gasteiger partial charge in [-0.3, -0.25) is 4.55 Å². The van der Waals surface area contributed by atoms with Crippen LogP contribution in [0.15, 0.2) is 0 Å². The third kappa shape index (κ3) is 17.3. The molecule has 1 N–H and O–H groups in total. The monoisotopic (exact) mass is 218 g/mol. The molecule has 0 aromatic carbocycles. The molecular weight excluding hydrogens is 206 g/mol. The maximum Gasteiger partial charge on any atom is 1.00 e. The Labute approximate surface area is 150 Å². The first-order valence-electron chi connectivity index (χ1n) is 2.51. The first-order valence-corrected chi connectivity index (χ1v) is 4.12. The quantitative estimate of drug-likeness (QED) is 0.381. The van der Waals surface area contributed by atoms with Crippen molar-refractivity contribution in [3.8, 4) is 0 Å². The van der Waals surface area contributed by atoms with Crippen molar-refractivity contribution in [2.24, 2.45) is 0 Å². The van der Waals surface area contributed by atoms with Crippen molar-refractivity contribution in [1.82, 2.24) is 0 Å². The molecule has 0 aliphatic heterocycles. The maximum absolute atomic E-state index is 9.95. The zero-order valence-corrected chi connectivity index (χ0v) is 13.9. The molecule has 0 atom stereocenters. The Kier molecular flexibility index (Phi) is 19.4. The second-order valence-corrected chi connectivity index (χ2v) is 3.21. The molecule has 0 radical (unpaired) electrons. The van der Waals surface area contributed by atoms with Gasteiger partial charge in [-0.25, -0.2) is 0 Å². The zero-order chi connectivity index (χ0) is 6.62. The third-order valence-corrected chi connectivity index (χ3v) is 1.56. The molecule has 3 nitrogen and oxygen atoms in total. The summed E-state index contributed by atoms with van der Waals surface area (Å²) in [5, 5.41) is 0. The summed E-state index contributed by atoms with van der Waals surface area (Å²) in [6.45, 7) is 1.87. The average molecular weight is 218 g/mol. The van der Waals surface area contributed by atoms with Crippen LogP contribution < -0.4 is 103 Å². The predicted molar refractivity (Wildman–Crippen MR) is 33.5 cm³/mol. The molecule has 0 aliphatic rings. The largest absolute Gasteiger partial charge is 1.00 e. The van der Waals surface area contributed by atoms with E-state index < -0.39 is 10.1 Å². The molecule has 10 heavy (non-hydrogen) atoms. The van der Waals surface area contributed by atoms with E-state index in [9.17, 15) is 8.42 Å². The van der Waals surface area contributed by atoms with Gasteiger partial charge >= 0.3 is 103 Å². The van der Waals surface area contributed by atoms with Crippen LogP contribution in [0.1, 0.15) is 22.6 Å². The van der Waals surface area contributed by atoms with Crippen molar-refractivity contribution in [2.75, 3.05) is 5.75 Å². The van der Waals surface area contributed by atoms with Crippen LogP contribution in [-0.2, 0) is 10.1 Å². The van der Waals surface area contributed by atoms with E-state index in [0.29, 0.717) is 6.42 Å². The standard InChI is InChI=1S/C4H10O3S.2K.2H/c1-2-3-4-8(5,6)7;;;;/h2-4H2,1H3,(H,5,6,7);;;;/q;2*+1;2*-1. The molecule has 0 heterocycles. The molecule has 0 aromatic rings. The summed E-state index contributed by atoms with van der Waals surface area (Å²) in [7, 11) is -3.69. The maximum atomic E-state index is 9.95. The van der Waals surface area contributed by atoms with Crippen LogP contribution in [0.25, 0.3) is 0 Å². The van der Waals surface area contributed by atoms with Gasteiger partial charge in [-0.05, 0) is 6.42 Å². The van der Waals surface area contributed by atoms with Crippen LogP contribution in [0, 0.1) is 0 Å². The summed E-state index contributed by atoms with van der Waals surface area (Å²) in [5.41, 5.74) is 0. The Hall–Kier alpha value is 3.18. The van der Waals surface area contributed by atoms with Gasteiger partial charge in [-0.1, -0.05) is 13.3 Å². The summed E-state index contributed by atoms with van der Waals surface area (Å²) in [6.07, 6.45) is 1.33. The van der Waals surface area contributed by atoms with Crippen molar-refractivity contribution in [1.29, 1.82) is 0 Å². The van der Waals surface area contributed by atoms with E-state index in [2.05, 4.69) is 0 Å². The molecule has 54 valence electrons. The molecular formula is C4H12K2O3S. The third-order valence-electron chi connectivity index (χ3n) is 0.756. The molecule has 0 spiro atoms. The summed E-state index contributed by atoms with van der Waals surface area (Å²) in [4.78, 5) is 0. The number of hydrogen-bond donors (Lipinski definition) is 1. The van der Waals surface area contributed by atoms with Gasteiger partial charge in [-0.2, -0.15) is 8.42 Å². The van der Waals surface area contributed by atoms with E-state index in [0.717, 1.165) is 6.42 Å². The number of unbranched alkanes of at least 4 members (excludes halogenated alkanes) is 1. The molecule has 0 aliphatic carbocycles. The van der Waals surface area contributed by atoms with Crippen molar-refractivity contribution in [3.05, 3.63) is 0 Å². The normalized spacial score (nSPS) is 9.40. The topological polar surface area (TPSA) is 54.4 Å². The van der Waals surface area contributed by atoms with Gasteiger partial charge in [0.05, 0.1) is 5.75 Å². The van der Waals surface area contributed by atoms with Crippen LogP contribution >= 0.6 is 0 Å². The van der Waals surface area contributed by atoms with Gasteiger partial charge in [0.25, 0.3) is 10.1 Å². The minimum absolute atomic E-state index is 0. The number of rotatable bonds is 3. The Morgan fingerprint density at radius 2 is 1.80 bits per heavy atom. The predicted octanol–water partition coefficient (Wildman–Crippen LogP) is -5.09. The second-order valence-electron chi connectivity index (χ2n) is 1.64. The smallest absolute Gasteiger partial charge is 1.00 e. The molecule has 0 amide bonds. The fourth-order valence-electron chi connectivity index (χ4n) is 0.327. The Bertz CT molecular complexity index is 150. The van der Waals surface area contributed by atoms with E-state index >= 15 is 0 Å². The summed E-state index contributed by atoms with van der Waals surface area (Å²) in [6, 6.07) is 0. The fraction of sp³-hybridized carbons (Fsp3) is 1.00. The molecule has 0 rings (SSSR count). The van der Waals surface area contributed by atoms with Crippen LogP contribution in [0.4, 0.5) is 0 Å². The number of hydrogen-bond acceptors (Lipinski definition) is 2. The van der Waals surface area contributed by atoms with Gasteiger partial charge in [0, 0.05) is 0 Å². The zero-order valence-electron chi connectivity index (χ0n) is 8.79. The molecule has 0 saturated heterocycles. The Morgan fingerprint density at radius 1 is 1.40 bits per heavy atom. The molecule has 0 saturated carbocycles. The van der Waals surface area contributed by atoms with Crippen molar-refractivity contribution >= 4 is 10.1 Å². The van der Waals surface area contributed by atoms with Gasteiger partial charge in [0.15, 0.2) is 0 Å². The van der Waals surface area contributed by atoms with E-state index in [1.807, 2.05) is 6.92 Å². The van der Waals surface area contributed by atoms with Gasteiger partial charge in [-0.15, -0.1) is 0 Å². The van der Waals surface area contributed by atoms with Crippen LogP contribution in [-0.4, -0.2) is 18.7 Å². The summed E-state index contributed by atoms with van der Waals surface area (Å²) in [5.74, 6) is -0.108. The van der Waals surface area contributed by atoms with E-state index in [1.165, 1.54) is 0 Å². The van der Waals surface area contributed by atoms with Crippen LogP contribution in [0.5, 0.6) is 0 Å². The molecule has 0 unspecified atom stereocenters. The van der Waals surface area contributed by atoms with E-state index in [1.54, 1.807) is 0 Å². The molecule has 6 heteroatoms. The minimum Gasteiger partial charge on any atom is -1.00 e. The Morgan fingerprint density at radius 3 is 1.90 bits per heavy atom.